The SMILES string of the molecule is Cc1cccc(-c2noc([C@@H]3CN(C(=O)c4ccc(C)c(F)c4)C[C@@]34CCN(C)C4)n2)c1. The molecule has 1 spiro atoms. The smallest absolute Gasteiger partial charge is 0.253 e. The molecule has 0 radical (unpaired) electrons. The normalized spacial score (nSPS) is 23.4. The van der Waals surface area contributed by atoms with E-state index in [1.54, 1.807) is 19.1 Å². The van der Waals surface area contributed by atoms with Gasteiger partial charge in [-0.25, -0.2) is 4.39 Å². The zero-order chi connectivity index (χ0) is 22.5. The first kappa shape index (κ1) is 20.8. The van der Waals surface area contributed by atoms with Crippen LogP contribution in [0.25, 0.3) is 11.4 Å². The first-order valence-corrected chi connectivity index (χ1v) is 11.0. The van der Waals surface area contributed by atoms with Crippen LogP contribution in [-0.4, -0.2) is 59.1 Å². The second kappa shape index (κ2) is 7.81. The molecular formula is C25H27FN4O2. The highest BCUT2D eigenvalue weighted by Crippen LogP contribution is 2.48. The number of benzene rings is 2. The molecule has 5 rings (SSSR count). The van der Waals surface area contributed by atoms with Gasteiger partial charge in [-0.2, -0.15) is 4.98 Å². The van der Waals surface area contributed by atoms with E-state index in [4.69, 9.17) is 9.51 Å². The minimum Gasteiger partial charge on any atom is -0.339 e. The first-order valence-electron chi connectivity index (χ1n) is 11.0. The Labute approximate surface area is 187 Å². The molecule has 0 bridgehead atoms. The maximum atomic E-state index is 14.1. The van der Waals surface area contributed by atoms with Crippen molar-refractivity contribution in [1.29, 1.82) is 0 Å². The van der Waals surface area contributed by atoms with Crippen molar-refractivity contribution in [2.45, 2.75) is 26.2 Å². The predicted molar refractivity (Wildman–Crippen MR) is 119 cm³/mol. The molecule has 32 heavy (non-hydrogen) atoms. The van der Waals surface area contributed by atoms with Crippen molar-refractivity contribution in [1.82, 2.24) is 19.9 Å². The summed E-state index contributed by atoms with van der Waals surface area (Å²) < 4.78 is 19.9. The number of halogens is 1. The lowest BCUT2D eigenvalue weighted by Gasteiger charge is -2.27. The van der Waals surface area contributed by atoms with Crippen LogP contribution in [0.2, 0.25) is 0 Å². The molecule has 6 nitrogen and oxygen atoms in total. The number of hydrogen-bond donors (Lipinski definition) is 0. The Morgan fingerprint density at radius 2 is 2.03 bits per heavy atom. The Bertz CT molecular complexity index is 1180. The Hall–Kier alpha value is -3.06. The van der Waals surface area contributed by atoms with E-state index < -0.39 is 0 Å². The van der Waals surface area contributed by atoms with Gasteiger partial charge in [-0.1, -0.05) is 35.0 Å². The van der Waals surface area contributed by atoms with Crippen LogP contribution in [0.5, 0.6) is 0 Å². The van der Waals surface area contributed by atoms with Gasteiger partial charge in [0.15, 0.2) is 0 Å². The van der Waals surface area contributed by atoms with Crippen molar-refractivity contribution in [3.8, 4) is 11.4 Å². The molecule has 0 aliphatic carbocycles. The van der Waals surface area contributed by atoms with E-state index in [0.717, 1.165) is 30.6 Å². The molecule has 0 saturated carbocycles. The number of amides is 1. The highest BCUT2D eigenvalue weighted by atomic mass is 19.1. The topological polar surface area (TPSA) is 62.5 Å². The monoisotopic (exact) mass is 434 g/mol. The highest BCUT2D eigenvalue weighted by molar-refractivity contribution is 5.94. The van der Waals surface area contributed by atoms with Gasteiger partial charge in [0.1, 0.15) is 5.82 Å². The van der Waals surface area contributed by atoms with Crippen LogP contribution in [-0.2, 0) is 0 Å². The van der Waals surface area contributed by atoms with Gasteiger partial charge in [0.25, 0.3) is 5.91 Å². The van der Waals surface area contributed by atoms with Crippen LogP contribution in [0.1, 0.15) is 39.7 Å². The van der Waals surface area contributed by atoms with Crippen molar-refractivity contribution in [3.05, 3.63) is 70.9 Å². The maximum absolute atomic E-state index is 14.1. The quantitative estimate of drug-likeness (QED) is 0.622. The summed E-state index contributed by atoms with van der Waals surface area (Å²) in [6.07, 6.45) is 0.947. The van der Waals surface area contributed by atoms with Crippen molar-refractivity contribution < 1.29 is 13.7 Å². The predicted octanol–water partition coefficient (Wildman–Crippen LogP) is 4.05. The summed E-state index contributed by atoms with van der Waals surface area (Å²) in [6, 6.07) is 12.7. The lowest BCUT2D eigenvalue weighted by Crippen LogP contribution is -2.34. The minimum absolute atomic E-state index is 0.0576. The summed E-state index contributed by atoms with van der Waals surface area (Å²) in [5.41, 5.74) is 2.80. The Morgan fingerprint density at radius 1 is 1.19 bits per heavy atom. The van der Waals surface area contributed by atoms with Gasteiger partial charge in [0.05, 0.1) is 5.92 Å². The third kappa shape index (κ3) is 3.60. The van der Waals surface area contributed by atoms with Crippen LogP contribution in [0, 0.1) is 25.1 Å². The third-order valence-electron chi connectivity index (χ3n) is 6.95. The molecule has 0 N–H and O–H groups in total. The highest BCUT2D eigenvalue weighted by Gasteiger charge is 2.53. The average molecular weight is 435 g/mol. The lowest BCUT2D eigenvalue weighted by atomic mass is 9.77. The number of nitrogens with zero attached hydrogens (tertiary/aromatic N) is 4. The molecule has 1 amide bonds. The molecule has 2 aliphatic heterocycles. The van der Waals surface area contributed by atoms with Gasteiger partial charge in [0, 0.05) is 36.2 Å². The van der Waals surface area contributed by atoms with Gasteiger partial charge >= 0.3 is 0 Å². The number of likely N-dealkylation sites (tertiary alicyclic amines) is 2. The van der Waals surface area contributed by atoms with Gasteiger partial charge in [-0.15, -0.1) is 0 Å². The Kier molecular flexibility index (Phi) is 5.08. The van der Waals surface area contributed by atoms with Gasteiger partial charge in [-0.3, -0.25) is 4.79 Å². The molecule has 2 fully saturated rings. The molecule has 2 aromatic carbocycles. The van der Waals surface area contributed by atoms with E-state index in [9.17, 15) is 9.18 Å². The molecule has 1 aromatic heterocycles. The van der Waals surface area contributed by atoms with E-state index in [1.165, 1.54) is 6.07 Å². The zero-order valence-electron chi connectivity index (χ0n) is 18.6. The molecule has 2 saturated heterocycles. The fraction of sp³-hybridized carbons (Fsp3) is 0.400. The molecular weight excluding hydrogens is 407 g/mol. The summed E-state index contributed by atoms with van der Waals surface area (Å²) in [5.74, 6) is 0.566. The van der Waals surface area contributed by atoms with Crippen LogP contribution in [0.4, 0.5) is 4.39 Å². The van der Waals surface area contributed by atoms with E-state index in [-0.39, 0.29) is 23.1 Å². The van der Waals surface area contributed by atoms with Crippen molar-refractivity contribution in [3.63, 3.8) is 0 Å². The van der Waals surface area contributed by atoms with Crippen molar-refractivity contribution in [2.75, 3.05) is 33.2 Å². The number of hydrogen-bond acceptors (Lipinski definition) is 5. The van der Waals surface area contributed by atoms with Crippen LogP contribution in [0.3, 0.4) is 0 Å². The molecule has 166 valence electrons. The Balaban J connectivity index is 1.46. The number of aryl methyl sites for hydroxylation is 2. The zero-order valence-corrected chi connectivity index (χ0v) is 18.6. The third-order valence-corrected chi connectivity index (χ3v) is 6.95. The second-order valence-corrected chi connectivity index (χ2v) is 9.38. The van der Waals surface area contributed by atoms with Crippen LogP contribution in [0.15, 0.2) is 47.0 Å². The number of rotatable bonds is 3. The summed E-state index contributed by atoms with van der Waals surface area (Å²) in [5, 5.41) is 4.24. The van der Waals surface area contributed by atoms with Crippen LogP contribution < -0.4 is 0 Å². The summed E-state index contributed by atoms with van der Waals surface area (Å²) in [6.45, 7) is 6.61. The fourth-order valence-corrected chi connectivity index (χ4v) is 5.17. The molecule has 3 heterocycles. The first-order chi connectivity index (χ1) is 15.3. The van der Waals surface area contributed by atoms with Gasteiger partial charge < -0.3 is 14.3 Å². The van der Waals surface area contributed by atoms with Crippen LogP contribution >= 0.6 is 0 Å². The Morgan fingerprint density at radius 3 is 2.75 bits per heavy atom. The summed E-state index contributed by atoms with van der Waals surface area (Å²) in [4.78, 5) is 22.1. The average Bonchev–Trinajstić information content (AvgIpc) is 3.48. The van der Waals surface area contributed by atoms with Crippen molar-refractivity contribution >= 4 is 5.91 Å². The minimum atomic E-state index is -0.360. The van der Waals surface area contributed by atoms with Crippen molar-refractivity contribution in [2.24, 2.45) is 5.41 Å². The largest absolute Gasteiger partial charge is 0.339 e. The number of carbonyl (C=O) groups excluding carboxylic acids is 1. The molecule has 2 atom stereocenters. The van der Waals surface area contributed by atoms with E-state index in [0.29, 0.717) is 35.9 Å². The lowest BCUT2D eigenvalue weighted by molar-refractivity contribution is 0.0773. The molecule has 0 unspecified atom stereocenters. The standard InChI is InChI=1S/C25H27FN4O2/c1-16-5-4-6-18(11-16)22-27-23(32-28-22)20-13-30(15-25(20)9-10-29(3)14-25)24(31)19-8-7-17(2)21(26)12-19/h4-8,11-12,20H,9-10,13-15H2,1-3H3/t20-,25-/m0/s1. The number of aromatic nitrogens is 2. The fourth-order valence-electron chi connectivity index (χ4n) is 5.17. The second-order valence-electron chi connectivity index (χ2n) is 9.38. The molecule has 2 aliphatic rings. The molecule has 3 aromatic rings. The summed E-state index contributed by atoms with van der Waals surface area (Å²) in [7, 11) is 2.09. The summed E-state index contributed by atoms with van der Waals surface area (Å²) >= 11 is 0. The van der Waals surface area contributed by atoms with Gasteiger partial charge in [0.2, 0.25) is 11.7 Å². The maximum Gasteiger partial charge on any atom is 0.253 e. The van der Waals surface area contributed by atoms with E-state index in [2.05, 4.69) is 17.1 Å². The molecule has 7 heteroatoms. The van der Waals surface area contributed by atoms with E-state index in [1.807, 2.05) is 36.1 Å². The van der Waals surface area contributed by atoms with E-state index >= 15 is 0 Å². The number of carbonyl (C=O) groups is 1. The van der Waals surface area contributed by atoms with Gasteiger partial charge in [-0.05, 0) is 57.6 Å².